The average Bonchev–Trinajstić information content (AvgIpc) is 3.50. The fraction of sp³-hybridized carbons (Fsp3) is 0.0952. The monoisotopic (exact) mass is 436 g/mol. The molecule has 0 atom stereocenters. The first kappa shape index (κ1) is 18.7. The van der Waals surface area contributed by atoms with E-state index in [0.29, 0.717) is 17.2 Å². The first-order valence-electron chi connectivity index (χ1n) is 9.11. The third-order valence-corrected chi connectivity index (χ3v) is 6.82. The zero-order valence-corrected chi connectivity index (χ0v) is 17.5. The second-order valence-corrected chi connectivity index (χ2v) is 8.41. The Morgan fingerprint density at radius 3 is 2.97 bits per heavy atom. The van der Waals surface area contributed by atoms with Gasteiger partial charge in [-0.25, -0.2) is 9.78 Å². The molecular weight excluding hydrogens is 420 g/mol. The minimum Gasteiger partial charge on any atom is -0.456 e. The standard InChI is InChI=1S/C21H16N4O3S2/c1-22-21(27)25-7-5-12-8-14(2-3-16(12)25)28-17-4-6-23-15-9-18(30-19(15)17)20-24-13(10-26)11-29-20/h2-9,11,26H,10H2,1H3,(H,22,27). The van der Waals surface area contributed by atoms with Gasteiger partial charge in [0.2, 0.25) is 0 Å². The molecule has 1 aromatic carbocycles. The lowest BCUT2D eigenvalue weighted by atomic mass is 10.2. The zero-order valence-electron chi connectivity index (χ0n) is 15.8. The number of pyridine rings is 1. The molecule has 0 aliphatic heterocycles. The fourth-order valence-electron chi connectivity index (χ4n) is 3.20. The van der Waals surface area contributed by atoms with E-state index >= 15 is 0 Å². The van der Waals surface area contributed by atoms with Crippen LogP contribution in [-0.4, -0.2) is 32.7 Å². The summed E-state index contributed by atoms with van der Waals surface area (Å²) >= 11 is 3.05. The molecule has 0 unspecified atom stereocenters. The van der Waals surface area contributed by atoms with Crippen LogP contribution in [0, 0.1) is 0 Å². The highest BCUT2D eigenvalue weighted by molar-refractivity contribution is 7.25. The highest BCUT2D eigenvalue weighted by atomic mass is 32.1. The molecule has 4 aromatic heterocycles. The van der Waals surface area contributed by atoms with Gasteiger partial charge in [-0.3, -0.25) is 9.55 Å². The predicted molar refractivity (Wildman–Crippen MR) is 119 cm³/mol. The third kappa shape index (κ3) is 3.22. The van der Waals surface area contributed by atoms with E-state index in [0.717, 1.165) is 31.0 Å². The molecular formula is C21H16N4O3S2. The Bertz CT molecular complexity index is 1390. The van der Waals surface area contributed by atoms with Crippen LogP contribution in [0.5, 0.6) is 11.5 Å². The maximum absolute atomic E-state index is 11.9. The van der Waals surface area contributed by atoms with Gasteiger partial charge in [0.05, 0.1) is 32.9 Å². The van der Waals surface area contributed by atoms with Crippen LogP contribution >= 0.6 is 22.7 Å². The van der Waals surface area contributed by atoms with Crippen LogP contribution in [0.4, 0.5) is 4.79 Å². The molecule has 0 bridgehead atoms. The first-order valence-corrected chi connectivity index (χ1v) is 10.8. The minimum absolute atomic E-state index is 0.0713. The van der Waals surface area contributed by atoms with Crippen molar-refractivity contribution >= 4 is 49.8 Å². The molecule has 4 heterocycles. The van der Waals surface area contributed by atoms with Crippen molar-refractivity contribution in [3.63, 3.8) is 0 Å². The number of nitrogens with zero attached hydrogens (tertiary/aromatic N) is 3. The first-order chi connectivity index (χ1) is 14.7. The van der Waals surface area contributed by atoms with E-state index in [9.17, 15) is 9.90 Å². The van der Waals surface area contributed by atoms with Gasteiger partial charge >= 0.3 is 6.03 Å². The summed E-state index contributed by atoms with van der Waals surface area (Å²) in [5, 5.41) is 15.5. The van der Waals surface area contributed by atoms with Crippen molar-refractivity contribution in [2.75, 3.05) is 7.05 Å². The number of aromatic nitrogens is 3. The van der Waals surface area contributed by atoms with Crippen molar-refractivity contribution in [2.24, 2.45) is 0 Å². The van der Waals surface area contributed by atoms with E-state index < -0.39 is 0 Å². The molecule has 0 saturated heterocycles. The second kappa shape index (κ2) is 7.52. The summed E-state index contributed by atoms with van der Waals surface area (Å²) in [5.74, 6) is 1.39. The number of aliphatic hydroxyl groups excluding tert-OH is 1. The number of benzene rings is 1. The van der Waals surface area contributed by atoms with Crippen molar-refractivity contribution in [2.45, 2.75) is 6.61 Å². The molecule has 0 aliphatic carbocycles. The lowest BCUT2D eigenvalue weighted by molar-refractivity contribution is 0.245. The number of rotatable bonds is 4. The van der Waals surface area contributed by atoms with Gasteiger partial charge in [-0.2, -0.15) is 0 Å². The van der Waals surface area contributed by atoms with E-state index in [1.165, 1.54) is 11.3 Å². The number of aliphatic hydroxyl groups is 1. The Kier molecular flexibility index (Phi) is 4.70. The molecule has 5 rings (SSSR count). The molecule has 0 fully saturated rings. The fourth-order valence-corrected chi connectivity index (χ4v) is 5.14. The average molecular weight is 437 g/mol. The van der Waals surface area contributed by atoms with E-state index in [1.807, 2.05) is 41.8 Å². The predicted octanol–water partition coefficient (Wildman–Crippen LogP) is 4.85. The number of ether oxygens (including phenoxy) is 1. The van der Waals surface area contributed by atoms with Crippen molar-refractivity contribution in [1.82, 2.24) is 19.9 Å². The van der Waals surface area contributed by atoms with Gasteiger partial charge in [-0.15, -0.1) is 22.7 Å². The van der Waals surface area contributed by atoms with Gasteiger partial charge in [-0.1, -0.05) is 0 Å². The smallest absolute Gasteiger partial charge is 0.325 e. The van der Waals surface area contributed by atoms with Crippen LogP contribution in [0.2, 0.25) is 0 Å². The highest BCUT2D eigenvalue weighted by Crippen LogP contribution is 2.40. The van der Waals surface area contributed by atoms with E-state index in [4.69, 9.17) is 4.74 Å². The summed E-state index contributed by atoms with van der Waals surface area (Å²) in [4.78, 5) is 21.8. The van der Waals surface area contributed by atoms with Crippen LogP contribution in [0.1, 0.15) is 5.69 Å². The lowest BCUT2D eigenvalue weighted by Crippen LogP contribution is -2.23. The molecule has 0 saturated carbocycles. The maximum atomic E-state index is 11.9. The summed E-state index contributed by atoms with van der Waals surface area (Å²) in [5.41, 5.74) is 2.30. The molecule has 9 heteroatoms. The molecule has 30 heavy (non-hydrogen) atoms. The largest absolute Gasteiger partial charge is 0.456 e. The Morgan fingerprint density at radius 2 is 2.17 bits per heavy atom. The van der Waals surface area contributed by atoms with Crippen molar-refractivity contribution < 1.29 is 14.6 Å². The van der Waals surface area contributed by atoms with Crippen molar-refractivity contribution in [3.05, 3.63) is 59.9 Å². The second-order valence-electron chi connectivity index (χ2n) is 6.50. The number of thiophene rings is 1. The van der Waals surface area contributed by atoms with Gasteiger partial charge in [0.25, 0.3) is 0 Å². The van der Waals surface area contributed by atoms with Gasteiger partial charge in [0, 0.05) is 36.3 Å². The number of thiazole rings is 1. The van der Waals surface area contributed by atoms with Crippen LogP contribution in [-0.2, 0) is 6.61 Å². The van der Waals surface area contributed by atoms with Gasteiger partial charge < -0.3 is 15.2 Å². The molecule has 7 nitrogen and oxygen atoms in total. The topological polar surface area (TPSA) is 89.3 Å². The number of nitrogens with one attached hydrogen (secondary N) is 1. The number of amides is 1. The quantitative estimate of drug-likeness (QED) is 0.421. The maximum Gasteiger partial charge on any atom is 0.325 e. The Labute approximate surface area is 179 Å². The zero-order chi connectivity index (χ0) is 20.7. The highest BCUT2D eigenvalue weighted by Gasteiger charge is 2.14. The number of hydrogen-bond donors (Lipinski definition) is 2. The summed E-state index contributed by atoms with van der Waals surface area (Å²) in [6, 6.07) is 11.1. The van der Waals surface area contributed by atoms with Crippen LogP contribution in [0.3, 0.4) is 0 Å². The molecule has 5 aromatic rings. The Balaban J connectivity index is 1.50. The van der Waals surface area contributed by atoms with E-state index in [1.54, 1.807) is 35.3 Å². The molecule has 0 aliphatic rings. The van der Waals surface area contributed by atoms with Gasteiger partial charge in [0.15, 0.2) is 0 Å². The Morgan fingerprint density at radius 1 is 1.27 bits per heavy atom. The third-order valence-electron chi connectivity index (χ3n) is 4.62. The van der Waals surface area contributed by atoms with Crippen LogP contribution in [0.15, 0.2) is 54.2 Å². The lowest BCUT2D eigenvalue weighted by Gasteiger charge is -2.07. The summed E-state index contributed by atoms with van der Waals surface area (Å²) in [7, 11) is 1.60. The molecule has 0 radical (unpaired) electrons. The summed E-state index contributed by atoms with van der Waals surface area (Å²) in [6.07, 6.45) is 3.45. The SMILES string of the molecule is CNC(=O)n1ccc2cc(Oc3ccnc4cc(-c5nc(CO)cs5)sc34)ccc21. The number of carbonyl (C=O) groups is 1. The molecule has 150 valence electrons. The van der Waals surface area contributed by atoms with Crippen LogP contribution in [0.25, 0.3) is 31.0 Å². The number of hydrogen-bond acceptors (Lipinski definition) is 7. The minimum atomic E-state index is -0.188. The van der Waals surface area contributed by atoms with Crippen molar-refractivity contribution in [1.29, 1.82) is 0 Å². The van der Waals surface area contributed by atoms with Crippen LogP contribution < -0.4 is 10.1 Å². The van der Waals surface area contributed by atoms with Gasteiger partial charge in [-0.05, 0) is 30.3 Å². The van der Waals surface area contributed by atoms with E-state index in [-0.39, 0.29) is 12.6 Å². The van der Waals surface area contributed by atoms with Gasteiger partial charge in [0.1, 0.15) is 16.5 Å². The molecule has 2 N–H and O–H groups in total. The Hall–Kier alpha value is -3.27. The normalized spacial score (nSPS) is 11.3. The van der Waals surface area contributed by atoms with Crippen molar-refractivity contribution in [3.8, 4) is 21.4 Å². The number of fused-ring (bicyclic) bond motifs is 2. The number of carbonyl (C=O) groups excluding carboxylic acids is 1. The molecule has 1 amide bonds. The summed E-state index contributed by atoms with van der Waals surface area (Å²) in [6.45, 7) is -0.0713. The molecule has 0 spiro atoms. The van der Waals surface area contributed by atoms with E-state index in [2.05, 4.69) is 15.3 Å². The summed E-state index contributed by atoms with van der Waals surface area (Å²) < 4.78 is 8.66.